The number of nitro benzene ring substituents is 1. The van der Waals surface area contributed by atoms with E-state index >= 15 is 0 Å². The highest BCUT2D eigenvalue weighted by molar-refractivity contribution is 7.98. The minimum Gasteiger partial charge on any atom is -0.454 e. The number of fused-ring (bicyclic) bond motifs is 1. The minimum atomic E-state index is -0.423. The Morgan fingerprint density at radius 1 is 1.43 bits per heavy atom. The number of ether oxygens (including phenoxy) is 2. The van der Waals surface area contributed by atoms with Gasteiger partial charge in [0.05, 0.1) is 15.9 Å². The summed E-state index contributed by atoms with van der Waals surface area (Å²) in [6.45, 7) is 0.129. The molecule has 1 aromatic rings. The molecule has 1 aliphatic heterocycles. The maximum Gasteiger partial charge on any atom is 0.286 e. The normalized spacial score (nSPS) is 12.9. The number of hydrogen-bond donors (Lipinski definition) is 0. The molecule has 5 nitrogen and oxygen atoms in total. The van der Waals surface area contributed by atoms with Gasteiger partial charge in [0.25, 0.3) is 5.69 Å². The molecule has 0 saturated carbocycles. The Balaban J connectivity index is 2.54. The second-order valence-electron chi connectivity index (χ2n) is 2.63. The largest absolute Gasteiger partial charge is 0.454 e. The Morgan fingerprint density at radius 2 is 2.07 bits per heavy atom. The molecule has 0 aromatic heterocycles. The summed E-state index contributed by atoms with van der Waals surface area (Å²) in [5, 5.41) is 10.7. The minimum absolute atomic E-state index is 0.0572. The first-order valence-corrected chi connectivity index (χ1v) is 5.07. The molecule has 1 aliphatic rings. The zero-order valence-corrected chi connectivity index (χ0v) is 8.17. The highest BCUT2D eigenvalue weighted by atomic mass is 32.2. The molecule has 0 radical (unpaired) electrons. The molecule has 0 bridgehead atoms. The first-order chi connectivity index (χ1) is 6.72. The van der Waals surface area contributed by atoms with Crippen LogP contribution >= 0.6 is 11.8 Å². The van der Waals surface area contributed by atoms with Crippen LogP contribution in [-0.2, 0) is 0 Å². The Bertz CT molecular complexity index is 393. The van der Waals surface area contributed by atoms with Crippen LogP contribution in [0.25, 0.3) is 0 Å². The van der Waals surface area contributed by atoms with Gasteiger partial charge in [-0.25, -0.2) is 0 Å². The topological polar surface area (TPSA) is 61.6 Å². The zero-order chi connectivity index (χ0) is 10.1. The summed E-state index contributed by atoms with van der Waals surface area (Å²) < 4.78 is 10.2. The monoisotopic (exact) mass is 213 g/mol. The van der Waals surface area contributed by atoms with Crippen molar-refractivity contribution in [1.82, 2.24) is 0 Å². The van der Waals surface area contributed by atoms with E-state index in [1.54, 1.807) is 12.3 Å². The van der Waals surface area contributed by atoms with Crippen molar-refractivity contribution in [2.45, 2.75) is 4.90 Å². The molecular weight excluding hydrogens is 206 g/mol. The van der Waals surface area contributed by atoms with Gasteiger partial charge in [-0.1, -0.05) is 0 Å². The van der Waals surface area contributed by atoms with Gasteiger partial charge in [-0.2, -0.15) is 0 Å². The van der Waals surface area contributed by atoms with E-state index in [1.807, 2.05) is 0 Å². The van der Waals surface area contributed by atoms with Crippen molar-refractivity contribution in [3.05, 3.63) is 22.2 Å². The van der Waals surface area contributed by atoms with Gasteiger partial charge in [0.15, 0.2) is 11.5 Å². The lowest BCUT2D eigenvalue weighted by Gasteiger charge is -2.01. The molecule has 6 heteroatoms. The fourth-order valence-corrected chi connectivity index (χ4v) is 1.79. The third-order valence-electron chi connectivity index (χ3n) is 1.87. The molecule has 0 amide bonds. The maximum atomic E-state index is 10.7. The van der Waals surface area contributed by atoms with Gasteiger partial charge < -0.3 is 9.47 Å². The van der Waals surface area contributed by atoms with E-state index in [9.17, 15) is 10.1 Å². The lowest BCUT2D eigenvalue weighted by atomic mass is 10.3. The summed E-state index contributed by atoms with van der Waals surface area (Å²) in [4.78, 5) is 10.8. The lowest BCUT2D eigenvalue weighted by Crippen LogP contribution is -1.93. The van der Waals surface area contributed by atoms with Crippen LogP contribution in [0.2, 0.25) is 0 Å². The van der Waals surface area contributed by atoms with Gasteiger partial charge >= 0.3 is 0 Å². The standard InChI is InChI=1S/C8H7NO4S/c1-14-8-3-7-6(12-4-13-7)2-5(8)9(10)11/h2-3H,4H2,1H3. The van der Waals surface area contributed by atoms with Crippen molar-refractivity contribution in [2.75, 3.05) is 13.0 Å². The zero-order valence-electron chi connectivity index (χ0n) is 7.35. The van der Waals surface area contributed by atoms with Gasteiger partial charge in [-0.3, -0.25) is 10.1 Å². The number of hydrogen-bond acceptors (Lipinski definition) is 5. The van der Waals surface area contributed by atoms with Crippen LogP contribution in [0.3, 0.4) is 0 Å². The van der Waals surface area contributed by atoms with Crippen LogP contribution in [0.4, 0.5) is 5.69 Å². The molecule has 0 unspecified atom stereocenters. The molecule has 1 aromatic carbocycles. The van der Waals surface area contributed by atoms with Crippen LogP contribution in [0.5, 0.6) is 11.5 Å². The molecule has 0 spiro atoms. The van der Waals surface area contributed by atoms with E-state index in [2.05, 4.69) is 0 Å². The van der Waals surface area contributed by atoms with Crippen molar-refractivity contribution in [3.8, 4) is 11.5 Å². The molecule has 0 atom stereocenters. The summed E-state index contributed by atoms with van der Waals surface area (Å²) in [5.41, 5.74) is 0.0572. The van der Waals surface area contributed by atoms with Crippen molar-refractivity contribution in [1.29, 1.82) is 0 Å². The fraction of sp³-hybridized carbons (Fsp3) is 0.250. The summed E-state index contributed by atoms with van der Waals surface area (Å²) in [6.07, 6.45) is 1.78. The van der Waals surface area contributed by atoms with Gasteiger partial charge in [-0.15, -0.1) is 11.8 Å². The van der Waals surface area contributed by atoms with E-state index < -0.39 is 4.92 Å². The first-order valence-electron chi connectivity index (χ1n) is 3.84. The number of rotatable bonds is 2. The third-order valence-corrected chi connectivity index (χ3v) is 2.64. The second-order valence-corrected chi connectivity index (χ2v) is 3.48. The molecule has 0 fully saturated rings. The van der Waals surface area contributed by atoms with E-state index in [0.717, 1.165) is 0 Å². The van der Waals surface area contributed by atoms with Crippen LogP contribution in [0.15, 0.2) is 17.0 Å². The predicted molar refractivity (Wildman–Crippen MR) is 51.0 cm³/mol. The van der Waals surface area contributed by atoms with E-state index in [-0.39, 0.29) is 12.5 Å². The Kier molecular flexibility index (Phi) is 2.20. The van der Waals surface area contributed by atoms with Crippen molar-refractivity contribution < 1.29 is 14.4 Å². The summed E-state index contributed by atoms with van der Waals surface area (Å²) >= 11 is 1.31. The number of nitro groups is 1. The average molecular weight is 213 g/mol. The Hall–Kier alpha value is -1.43. The number of thioether (sulfide) groups is 1. The van der Waals surface area contributed by atoms with E-state index in [0.29, 0.717) is 16.4 Å². The summed E-state index contributed by atoms with van der Waals surface area (Å²) in [6, 6.07) is 3.03. The fourth-order valence-electron chi connectivity index (χ4n) is 1.22. The van der Waals surface area contributed by atoms with Crippen LogP contribution in [0, 0.1) is 10.1 Å². The van der Waals surface area contributed by atoms with E-state index in [1.165, 1.54) is 17.8 Å². The Morgan fingerprint density at radius 3 is 2.64 bits per heavy atom. The van der Waals surface area contributed by atoms with Crippen molar-refractivity contribution >= 4 is 17.4 Å². The average Bonchev–Trinajstić information content (AvgIpc) is 2.62. The molecule has 14 heavy (non-hydrogen) atoms. The van der Waals surface area contributed by atoms with Gasteiger partial charge in [0.2, 0.25) is 6.79 Å². The summed E-state index contributed by atoms with van der Waals surface area (Å²) in [5.74, 6) is 1.01. The third kappa shape index (κ3) is 1.37. The molecule has 0 aliphatic carbocycles. The van der Waals surface area contributed by atoms with Crippen molar-refractivity contribution in [3.63, 3.8) is 0 Å². The lowest BCUT2D eigenvalue weighted by molar-refractivity contribution is -0.387. The predicted octanol–water partition coefficient (Wildman–Crippen LogP) is 2.05. The Labute approximate surface area is 84.2 Å². The highest BCUT2D eigenvalue weighted by Crippen LogP contribution is 2.41. The maximum absolute atomic E-state index is 10.7. The molecule has 74 valence electrons. The van der Waals surface area contributed by atoms with Gasteiger partial charge in [0.1, 0.15) is 0 Å². The molecule has 1 heterocycles. The number of nitrogens with zero attached hydrogens (tertiary/aromatic N) is 1. The SMILES string of the molecule is CSc1cc2c(cc1[N+](=O)[O-])OCO2. The van der Waals surface area contributed by atoms with Crippen LogP contribution < -0.4 is 9.47 Å². The van der Waals surface area contributed by atoms with E-state index in [4.69, 9.17) is 9.47 Å². The van der Waals surface area contributed by atoms with Crippen LogP contribution in [0.1, 0.15) is 0 Å². The van der Waals surface area contributed by atoms with Gasteiger partial charge in [0, 0.05) is 6.07 Å². The molecule has 0 N–H and O–H groups in total. The quantitative estimate of drug-likeness (QED) is 0.427. The molecule has 2 rings (SSSR count). The van der Waals surface area contributed by atoms with Gasteiger partial charge in [-0.05, 0) is 6.26 Å². The van der Waals surface area contributed by atoms with Crippen LogP contribution in [-0.4, -0.2) is 18.0 Å². The first kappa shape index (κ1) is 9.14. The summed E-state index contributed by atoms with van der Waals surface area (Å²) in [7, 11) is 0. The molecule has 0 saturated heterocycles. The number of benzene rings is 1. The van der Waals surface area contributed by atoms with Crippen molar-refractivity contribution in [2.24, 2.45) is 0 Å². The molecular formula is C8H7NO4S. The highest BCUT2D eigenvalue weighted by Gasteiger charge is 2.22. The second kappa shape index (κ2) is 3.38. The smallest absolute Gasteiger partial charge is 0.286 e.